The fourth-order valence-corrected chi connectivity index (χ4v) is 1.72. The number of carbonyl (C=O) groups is 1. The Labute approximate surface area is 112 Å². The van der Waals surface area contributed by atoms with Crippen LogP contribution in [0.15, 0.2) is 34.9 Å². The van der Waals surface area contributed by atoms with Crippen molar-refractivity contribution in [1.29, 1.82) is 0 Å². The lowest BCUT2D eigenvalue weighted by atomic mass is 10.3. The van der Waals surface area contributed by atoms with Crippen molar-refractivity contribution in [2.75, 3.05) is 0 Å². The third-order valence-corrected chi connectivity index (χ3v) is 3.01. The summed E-state index contributed by atoms with van der Waals surface area (Å²) < 4.78 is 8.00. The molecule has 5 nitrogen and oxygen atoms in total. The van der Waals surface area contributed by atoms with Gasteiger partial charge in [-0.05, 0) is 24.3 Å². The van der Waals surface area contributed by atoms with E-state index >= 15 is 0 Å². The summed E-state index contributed by atoms with van der Waals surface area (Å²) >= 11 is 3.34. The minimum atomic E-state index is -1.00. The van der Waals surface area contributed by atoms with Crippen molar-refractivity contribution >= 4 is 21.9 Å². The van der Waals surface area contributed by atoms with E-state index in [-0.39, 0.29) is 12.3 Å². The van der Waals surface area contributed by atoms with Crippen LogP contribution in [-0.4, -0.2) is 20.6 Å². The standard InChI is InChI=1S/C12H11BrN2O3/c1-15-10(12(16)17)6-14-11(15)7-18-9-4-2-8(13)3-5-9/h2-6H,7H2,1H3,(H,16,17). The molecule has 0 fully saturated rings. The predicted molar refractivity (Wildman–Crippen MR) is 68.6 cm³/mol. The first-order valence-corrected chi connectivity index (χ1v) is 5.99. The molecular weight excluding hydrogens is 300 g/mol. The monoisotopic (exact) mass is 310 g/mol. The molecule has 2 aromatic rings. The highest BCUT2D eigenvalue weighted by Gasteiger charge is 2.12. The summed E-state index contributed by atoms with van der Waals surface area (Å²) in [5.74, 6) is 0.272. The first-order chi connectivity index (χ1) is 8.58. The van der Waals surface area contributed by atoms with Crippen LogP contribution >= 0.6 is 15.9 Å². The summed E-state index contributed by atoms with van der Waals surface area (Å²) in [5.41, 5.74) is 0.143. The quantitative estimate of drug-likeness (QED) is 0.942. The van der Waals surface area contributed by atoms with E-state index in [4.69, 9.17) is 9.84 Å². The largest absolute Gasteiger partial charge is 0.486 e. The molecule has 0 aliphatic rings. The lowest BCUT2D eigenvalue weighted by molar-refractivity contribution is 0.0686. The van der Waals surface area contributed by atoms with Gasteiger partial charge in [0.05, 0.1) is 6.20 Å². The molecule has 0 atom stereocenters. The number of aromatic nitrogens is 2. The molecule has 0 unspecified atom stereocenters. The van der Waals surface area contributed by atoms with Crippen LogP contribution in [0, 0.1) is 0 Å². The maximum atomic E-state index is 10.8. The van der Waals surface area contributed by atoms with Crippen molar-refractivity contribution in [3.05, 3.63) is 46.5 Å². The van der Waals surface area contributed by atoms with Gasteiger partial charge in [0, 0.05) is 11.5 Å². The minimum Gasteiger partial charge on any atom is -0.486 e. The fraction of sp³-hybridized carbons (Fsp3) is 0.167. The van der Waals surface area contributed by atoms with Gasteiger partial charge in [0.25, 0.3) is 0 Å². The molecule has 0 saturated heterocycles. The number of carboxylic acids is 1. The van der Waals surface area contributed by atoms with E-state index < -0.39 is 5.97 Å². The summed E-state index contributed by atoms with van der Waals surface area (Å²) in [6.07, 6.45) is 1.32. The van der Waals surface area contributed by atoms with Crippen LogP contribution in [0.1, 0.15) is 16.3 Å². The van der Waals surface area contributed by atoms with Crippen LogP contribution in [0.4, 0.5) is 0 Å². The van der Waals surface area contributed by atoms with Crippen LogP contribution in [0.2, 0.25) is 0 Å². The maximum absolute atomic E-state index is 10.8. The van der Waals surface area contributed by atoms with Gasteiger partial charge in [0.1, 0.15) is 23.9 Å². The minimum absolute atomic E-state index is 0.143. The highest BCUT2D eigenvalue weighted by atomic mass is 79.9. The van der Waals surface area contributed by atoms with E-state index in [0.29, 0.717) is 11.6 Å². The molecule has 0 saturated carbocycles. The molecular formula is C12H11BrN2O3. The molecule has 6 heteroatoms. The Morgan fingerprint density at radius 1 is 1.44 bits per heavy atom. The molecule has 0 bridgehead atoms. The van der Waals surface area contributed by atoms with E-state index in [2.05, 4.69) is 20.9 Å². The number of aromatic carboxylic acids is 1. The lowest BCUT2D eigenvalue weighted by Gasteiger charge is -2.06. The number of carboxylic acid groups (broad SMARTS) is 1. The Hall–Kier alpha value is -1.82. The average molecular weight is 311 g/mol. The molecule has 0 aliphatic heterocycles. The zero-order valence-electron chi connectivity index (χ0n) is 9.63. The Bertz CT molecular complexity index is 563. The van der Waals surface area contributed by atoms with Crippen LogP contribution in [0.5, 0.6) is 5.75 Å². The number of imidazole rings is 1. The number of hydrogen-bond acceptors (Lipinski definition) is 3. The van der Waals surface area contributed by atoms with Crippen molar-refractivity contribution in [1.82, 2.24) is 9.55 Å². The molecule has 18 heavy (non-hydrogen) atoms. The summed E-state index contributed by atoms with van der Waals surface area (Å²) in [7, 11) is 1.65. The SMILES string of the molecule is Cn1c(C(=O)O)cnc1COc1ccc(Br)cc1. The van der Waals surface area contributed by atoms with E-state index in [9.17, 15) is 4.79 Å². The Morgan fingerprint density at radius 2 is 2.11 bits per heavy atom. The zero-order chi connectivity index (χ0) is 13.1. The summed E-state index contributed by atoms with van der Waals surface area (Å²) in [4.78, 5) is 14.9. The maximum Gasteiger partial charge on any atom is 0.354 e. The average Bonchev–Trinajstić information content (AvgIpc) is 2.70. The lowest BCUT2D eigenvalue weighted by Crippen LogP contribution is -2.09. The number of nitrogens with zero attached hydrogens (tertiary/aromatic N) is 2. The van der Waals surface area contributed by atoms with Gasteiger partial charge >= 0.3 is 5.97 Å². The van der Waals surface area contributed by atoms with Gasteiger partial charge in [-0.1, -0.05) is 15.9 Å². The first kappa shape index (κ1) is 12.6. The molecule has 0 amide bonds. The van der Waals surface area contributed by atoms with Crippen LogP contribution in [0.3, 0.4) is 0 Å². The second-order valence-corrected chi connectivity index (χ2v) is 4.58. The molecule has 1 aromatic carbocycles. The van der Waals surface area contributed by atoms with Crippen molar-refractivity contribution in [2.45, 2.75) is 6.61 Å². The molecule has 1 N–H and O–H groups in total. The second kappa shape index (κ2) is 5.22. The van der Waals surface area contributed by atoms with Gasteiger partial charge in [-0.25, -0.2) is 9.78 Å². The van der Waals surface area contributed by atoms with Crippen molar-refractivity contribution in [2.24, 2.45) is 7.05 Å². The van der Waals surface area contributed by atoms with Crippen molar-refractivity contribution in [3.63, 3.8) is 0 Å². The van der Waals surface area contributed by atoms with E-state index in [1.807, 2.05) is 24.3 Å². The van der Waals surface area contributed by atoms with Crippen molar-refractivity contribution < 1.29 is 14.6 Å². The van der Waals surface area contributed by atoms with Gasteiger partial charge in [0.15, 0.2) is 0 Å². The number of ether oxygens (including phenoxy) is 1. The third kappa shape index (κ3) is 2.70. The Balaban J connectivity index is 2.06. The van der Waals surface area contributed by atoms with Gasteiger partial charge in [0.2, 0.25) is 0 Å². The van der Waals surface area contributed by atoms with Gasteiger partial charge < -0.3 is 14.4 Å². The second-order valence-electron chi connectivity index (χ2n) is 3.67. The van der Waals surface area contributed by atoms with Crippen LogP contribution < -0.4 is 4.74 Å². The summed E-state index contributed by atoms with van der Waals surface area (Å²) in [6, 6.07) is 7.39. The topological polar surface area (TPSA) is 64.4 Å². The smallest absolute Gasteiger partial charge is 0.354 e. The van der Waals surface area contributed by atoms with Gasteiger partial charge in [-0.3, -0.25) is 0 Å². The normalized spacial score (nSPS) is 10.3. The zero-order valence-corrected chi connectivity index (χ0v) is 11.2. The van der Waals surface area contributed by atoms with E-state index in [1.165, 1.54) is 10.8 Å². The summed E-state index contributed by atoms with van der Waals surface area (Å²) in [6.45, 7) is 0.228. The molecule has 0 radical (unpaired) electrons. The van der Waals surface area contributed by atoms with Crippen molar-refractivity contribution in [3.8, 4) is 5.75 Å². The highest BCUT2D eigenvalue weighted by molar-refractivity contribution is 9.10. The molecule has 94 valence electrons. The third-order valence-electron chi connectivity index (χ3n) is 2.49. The Kier molecular flexibility index (Phi) is 3.66. The first-order valence-electron chi connectivity index (χ1n) is 5.20. The fourth-order valence-electron chi connectivity index (χ4n) is 1.46. The van der Waals surface area contributed by atoms with Gasteiger partial charge in [-0.15, -0.1) is 0 Å². The predicted octanol–water partition coefficient (Wildman–Crippen LogP) is 2.46. The Morgan fingerprint density at radius 3 is 2.67 bits per heavy atom. The van der Waals surface area contributed by atoms with E-state index in [1.54, 1.807) is 7.05 Å². The molecule has 0 aliphatic carbocycles. The number of hydrogen-bond donors (Lipinski definition) is 1. The molecule has 2 rings (SSSR count). The number of halogens is 1. The number of rotatable bonds is 4. The van der Waals surface area contributed by atoms with Crippen LogP contribution in [0.25, 0.3) is 0 Å². The summed E-state index contributed by atoms with van der Waals surface area (Å²) in [5, 5.41) is 8.89. The van der Waals surface area contributed by atoms with Crippen LogP contribution in [-0.2, 0) is 13.7 Å². The molecule has 1 heterocycles. The van der Waals surface area contributed by atoms with Gasteiger partial charge in [-0.2, -0.15) is 0 Å². The number of benzene rings is 1. The van der Waals surface area contributed by atoms with E-state index in [0.717, 1.165) is 4.47 Å². The highest BCUT2D eigenvalue weighted by Crippen LogP contribution is 2.17. The molecule has 1 aromatic heterocycles. The molecule has 0 spiro atoms.